The average Bonchev–Trinajstić information content (AvgIpc) is 2.42. The van der Waals surface area contributed by atoms with Crippen LogP contribution < -0.4 is 0 Å². The molecule has 110 valence electrons. The second kappa shape index (κ2) is 7.25. The minimum absolute atomic E-state index is 0.207. The number of carbonyl (C=O) groups is 1. The highest BCUT2D eigenvalue weighted by molar-refractivity contribution is 6.35. The van der Waals surface area contributed by atoms with Crippen LogP contribution in [-0.2, 0) is 11.3 Å². The molecule has 20 heavy (non-hydrogen) atoms. The molecule has 0 spiro atoms. The van der Waals surface area contributed by atoms with Gasteiger partial charge in [0.1, 0.15) is 0 Å². The zero-order chi connectivity index (χ0) is 14.5. The van der Waals surface area contributed by atoms with E-state index in [0.29, 0.717) is 29.1 Å². The van der Waals surface area contributed by atoms with Crippen LogP contribution in [0.2, 0.25) is 10.0 Å². The van der Waals surface area contributed by atoms with E-state index in [1.54, 1.807) is 12.4 Å². The minimum Gasteiger partial charge on any atom is -0.481 e. The van der Waals surface area contributed by atoms with Crippen molar-refractivity contribution >= 4 is 29.2 Å². The Bertz CT molecular complexity index is 462. The van der Waals surface area contributed by atoms with Crippen LogP contribution >= 0.6 is 23.2 Å². The molecular formula is C14H18Cl2N2O2. The molecule has 1 atom stereocenters. The summed E-state index contributed by atoms with van der Waals surface area (Å²) in [5.41, 5.74) is 0.880. The molecule has 0 amide bonds. The minimum atomic E-state index is -0.740. The van der Waals surface area contributed by atoms with Crippen LogP contribution in [0.4, 0.5) is 0 Å². The fourth-order valence-electron chi connectivity index (χ4n) is 2.68. The van der Waals surface area contributed by atoms with E-state index in [0.717, 1.165) is 31.4 Å². The molecule has 1 aromatic rings. The third-order valence-corrected chi connectivity index (χ3v) is 4.41. The summed E-state index contributed by atoms with van der Waals surface area (Å²) in [6.45, 7) is 1.61. The second-order valence-corrected chi connectivity index (χ2v) is 5.95. The number of pyridine rings is 1. The Balaban J connectivity index is 2.06. The number of hydrogen-bond donors (Lipinski definition) is 1. The lowest BCUT2D eigenvalue weighted by Crippen LogP contribution is -2.39. The standard InChI is InChI=1S/C14H18Cl2N2O2/c15-12-7-17-8-13(16)11(12)9-18-6-2-1-3-10(18)4-5-14(19)20/h7-8,10H,1-6,9H2,(H,19,20)/t10-/m1/s1. The van der Waals surface area contributed by atoms with Gasteiger partial charge in [-0.1, -0.05) is 29.6 Å². The number of carboxylic acids is 1. The van der Waals surface area contributed by atoms with Crippen LogP contribution in [-0.4, -0.2) is 33.5 Å². The number of halogens is 2. The quantitative estimate of drug-likeness (QED) is 0.901. The predicted molar refractivity (Wildman–Crippen MR) is 79.2 cm³/mol. The number of rotatable bonds is 5. The first kappa shape index (κ1) is 15.5. The van der Waals surface area contributed by atoms with Gasteiger partial charge in [-0.3, -0.25) is 14.7 Å². The number of carboxylic acid groups (broad SMARTS) is 1. The third kappa shape index (κ3) is 4.08. The topological polar surface area (TPSA) is 53.4 Å². The molecule has 1 saturated heterocycles. The van der Waals surface area contributed by atoms with Gasteiger partial charge in [-0.25, -0.2) is 0 Å². The van der Waals surface area contributed by atoms with Gasteiger partial charge in [0.25, 0.3) is 0 Å². The number of aromatic nitrogens is 1. The summed E-state index contributed by atoms with van der Waals surface area (Å²) in [7, 11) is 0. The number of nitrogens with zero attached hydrogens (tertiary/aromatic N) is 2. The largest absolute Gasteiger partial charge is 0.481 e. The molecule has 0 bridgehead atoms. The molecule has 1 aliphatic heterocycles. The number of aliphatic carboxylic acids is 1. The van der Waals surface area contributed by atoms with E-state index in [1.165, 1.54) is 0 Å². The van der Waals surface area contributed by atoms with E-state index in [-0.39, 0.29) is 6.42 Å². The maximum atomic E-state index is 10.7. The fraction of sp³-hybridized carbons (Fsp3) is 0.571. The van der Waals surface area contributed by atoms with Crippen LogP contribution in [0.15, 0.2) is 12.4 Å². The summed E-state index contributed by atoms with van der Waals surface area (Å²) in [5.74, 6) is -0.740. The summed E-state index contributed by atoms with van der Waals surface area (Å²) in [4.78, 5) is 17.0. The van der Waals surface area contributed by atoms with E-state index in [9.17, 15) is 4.79 Å². The van der Waals surface area contributed by atoms with E-state index >= 15 is 0 Å². The number of hydrogen-bond acceptors (Lipinski definition) is 3. The van der Waals surface area contributed by atoms with Crippen molar-refractivity contribution in [1.82, 2.24) is 9.88 Å². The van der Waals surface area contributed by atoms with Crippen molar-refractivity contribution in [2.45, 2.75) is 44.7 Å². The second-order valence-electron chi connectivity index (χ2n) is 5.13. The Kier molecular flexibility index (Phi) is 5.64. The van der Waals surface area contributed by atoms with Crippen LogP contribution in [0.3, 0.4) is 0 Å². The normalized spacial score (nSPS) is 20.0. The Labute approximate surface area is 128 Å². The third-order valence-electron chi connectivity index (χ3n) is 3.75. The Morgan fingerprint density at radius 2 is 2.05 bits per heavy atom. The fourth-order valence-corrected chi connectivity index (χ4v) is 3.16. The Morgan fingerprint density at radius 3 is 2.70 bits per heavy atom. The summed E-state index contributed by atoms with van der Waals surface area (Å²) in [5, 5.41) is 9.98. The molecule has 0 radical (unpaired) electrons. The predicted octanol–water partition coefficient (Wildman–Crippen LogP) is 3.61. The van der Waals surface area contributed by atoms with Gasteiger partial charge >= 0.3 is 5.97 Å². The Hall–Kier alpha value is -0.840. The highest BCUT2D eigenvalue weighted by Gasteiger charge is 2.24. The number of piperidine rings is 1. The van der Waals surface area contributed by atoms with Crippen molar-refractivity contribution in [2.24, 2.45) is 0 Å². The van der Waals surface area contributed by atoms with Gasteiger partial charge in [0, 0.05) is 37.0 Å². The van der Waals surface area contributed by atoms with E-state index in [1.807, 2.05) is 0 Å². The molecule has 0 saturated carbocycles. The highest BCUT2D eigenvalue weighted by atomic mass is 35.5. The van der Waals surface area contributed by atoms with Crippen molar-refractivity contribution in [3.05, 3.63) is 28.0 Å². The molecular weight excluding hydrogens is 299 g/mol. The molecule has 0 aliphatic carbocycles. The van der Waals surface area contributed by atoms with Crippen LogP contribution in [0, 0.1) is 0 Å². The van der Waals surface area contributed by atoms with Gasteiger partial charge in [0.2, 0.25) is 0 Å². The number of likely N-dealkylation sites (tertiary alicyclic amines) is 1. The SMILES string of the molecule is O=C(O)CC[C@H]1CCCCN1Cc1c(Cl)cncc1Cl. The summed E-state index contributed by atoms with van der Waals surface area (Å²) >= 11 is 12.3. The summed E-state index contributed by atoms with van der Waals surface area (Å²) < 4.78 is 0. The maximum Gasteiger partial charge on any atom is 0.303 e. The molecule has 1 N–H and O–H groups in total. The molecule has 2 heterocycles. The van der Waals surface area contributed by atoms with E-state index in [2.05, 4.69) is 9.88 Å². The van der Waals surface area contributed by atoms with Gasteiger partial charge in [-0.15, -0.1) is 0 Å². The smallest absolute Gasteiger partial charge is 0.303 e. The van der Waals surface area contributed by atoms with Crippen molar-refractivity contribution in [3.63, 3.8) is 0 Å². The summed E-state index contributed by atoms with van der Waals surface area (Å²) in [6.07, 6.45) is 7.39. The molecule has 4 nitrogen and oxygen atoms in total. The van der Waals surface area contributed by atoms with Gasteiger partial charge < -0.3 is 5.11 Å². The average molecular weight is 317 g/mol. The van der Waals surface area contributed by atoms with Gasteiger partial charge in [-0.05, 0) is 25.8 Å². The molecule has 0 unspecified atom stereocenters. The molecule has 1 fully saturated rings. The first-order chi connectivity index (χ1) is 9.58. The van der Waals surface area contributed by atoms with Crippen molar-refractivity contribution in [3.8, 4) is 0 Å². The van der Waals surface area contributed by atoms with E-state index in [4.69, 9.17) is 28.3 Å². The molecule has 2 rings (SSSR count). The van der Waals surface area contributed by atoms with Gasteiger partial charge in [0.15, 0.2) is 0 Å². The van der Waals surface area contributed by atoms with Gasteiger partial charge in [-0.2, -0.15) is 0 Å². The Morgan fingerprint density at radius 1 is 1.35 bits per heavy atom. The van der Waals surface area contributed by atoms with Crippen molar-refractivity contribution in [2.75, 3.05) is 6.54 Å². The molecule has 1 aliphatic rings. The van der Waals surface area contributed by atoms with Gasteiger partial charge in [0.05, 0.1) is 10.0 Å². The lowest BCUT2D eigenvalue weighted by molar-refractivity contribution is -0.137. The zero-order valence-corrected chi connectivity index (χ0v) is 12.7. The van der Waals surface area contributed by atoms with Crippen LogP contribution in [0.1, 0.15) is 37.7 Å². The van der Waals surface area contributed by atoms with Crippen LogP contribution in [0.5, 0.6) is 0 Å². The zero-order valence-electron chi connectivity index (χ0n) is 11.2. The van der Waals surface area contributed by atoms with Crippen LogP contribution in [0.25, 0.3) is 0 Å². The first-order valence-corrected chi connectivity index (χ1v) is 7.57. The molecule has 0 aromatic carbocycles. The first-order valence-electron chi connectivity index (χ1n) is 6.81. The molecule has 1 aromatic heterocycles. The molecule has 6 heteroatoms. The monoisotopic (exact) mass is 316 g/mol. The van der Waals surface area contributed by atoms with E-state index < -0.39 is 5.97 Å². The lowest BCUT2D eigenvalue weighted by atomic mass is 9.97. The van der Waals surface area contributed by atoms with Crippen molar-refractivity contribution in [1.29, 1.82) is 0 Å². The highest BCUT2D eigenvalue weighted by Crippen LogP contribution is 2.28. The maximum absolute atomic E-state index is 10.7. The lowest BCUT2D eigenvalue weighted by Gasteiger charge is -2.36. The summed E-state index contributed by atoms with van der Waals surface area (Å²) in [6, 6.07) is 0.292. The van der Waals surface area contributed by atoms with Crippen molar-refractivity contribution < 1.29 is 9.90 Å².